The highest BCUT2D eigenvalue weighted by atomic mass is 35.5. The van der Waals surface area contributed by atoms with Gasteiger partial charge in [0.25, 0.3) is 0 Å². The quantitative estimate of drug-likeness (QED) is 0.827. The molecular formula is C16H22ClN7O. The smallest absolute Gasteiger partial charge is 0.232 e. The molecule has 25 heavy (non-hydrogen) atoms. The van der Waals surface area contributed by atoms with Crippen molar-refractivity contribution in [2.24, 2.45) is 0 Å². The number of nitrogens with two attached hydrogens (primary N) is 1. The number of nitrogens with one attached hydrogen (secondary N) is 1. The van der Waals surface area contributed by atoms with Crippen LogP contribution in [0, 0.1) is 0 Å². The van der Waals surface area contributed by atoms with E-state index in [-0.39, 0.29) is 5.95 Å². The second-order valence-electron chi connectivity index (χ2n) is 5.98. The molecule has 0 unspecified atom stereocenters. The molecule has 3 rings (SSSR count). The van der Waals surface area contributed by atoms with Crippen LogP contribution in [0.2, 0.25) is 5.02 Å². The van der Waals surface area contributed by atoms with Crippen molar-refractivity contribution in [1.82, 2.24) is 24.8 Å². The molecule has 1 aromatic heterocycles. The number of hydrogen-bond acceptors (Lipinski definition) is 8. The van der Waals surface area contributed by atoms with Crippen LogP contribution in [0.5, 0.6) is 5.75 Å². The number of methoxy groups -OCH3 is 1. The molecule has 0 radical (unpaired) electrons. The molecule has 134 valence electrons. The largest absolute Gasteiger partial charge is 0.495 e. The van der Waals surface area contributed by atoms with E-state index in [9.17, 15) is 0 Å². The monoisotopic (exact) mass is 363 g/mol. The Balaban J connectivity index is 1.76. The summed E-state index contributed by atoms with van der Waals surface area (Å²) in [5.74, 6) is 1.84. The SMILES string of the molecule is COc1ccc(Cl)cc1Nc1nc(N)nc(CN2CCN(C)CC2)n1. The number of nitrogens with zero attached hydrogens (tertiary/aromatic N) is 5. The van der Waals surface area contributed by atoms with Crippen LogP contribution in [-0.2, 0) is 6.54 Å². The lowest BCUT2D eigenvalue weighted by Gasteiger charge is -2.31. The Morgan fingerprint density at radius 2 is 1.96 bits per heavy atom. The molecule has 3 N–H and O–H groups in total. The van der Waals surface area contributed by atoms with Crippen LogP contribution in [0.15, 0.2) is 18.2 Å². The Morgan fingerprint density at radius 1 is 1.20 bits per heavy atom. The molecule has 9 heteroatoms. The summed E-state index contributed by atoms with van der Waals surface area (Å²) in [7, 11) is 3.72. The van der Waals surface area contributed by atoms with Gasteiger partial charge in [0.2, 0.25) is 11.9 Å². The normalized spacial score (nSPS) is 16.0. The summed E-state index contributed by atoms with van der Waals surface area (Å²) in [5.41, 5.74) is 6.53. The molecule has 1 aliphatic heterocycles. The first-order valence-corrected chi connectivity index (χ1v) is 8.43. The first-order chi connectivity index (χ1) is 12.0. The van der Waals surface area contributed by atoms with E-state index in [4.69, 9.17) is 22.1 Å². The zero-order valence-electron chi connectivity index (χ0n) is 14.4. The highest BCUT2D eigenvalue weighted by Gasteiger charge is 2.16. The molecule has 0 atom stereocenters. The summed E-state index contributed by atoms with van der Waals surface area (Å²) < 4.78 is 5.33. The van der Waals surface area contributed by atoms with E-state index in [2.05, 4.69) is 37.1 Å². The molecular weight excluding hydrogens is 342 g/mol. The van der Waals surface area contributed by atoms with Gasteiger partial charge in [-0.05, 0) is 25.2 Å². The lowest BCUT2D eigenvalue weighted by atomic mass is 10.3. The van der Waals surface area contributed by atoms with Gasteiger partial charge < -0.3 is 20.7 Å². The molecule has 8 nitrogen and oxygen atoms in total. The summed E-state index contributed by atoms with van der Waals surface area (Å²) in [6, 6.07) is 5.28. The highest BCUT2D eigenvalue weighted by Crippen LogP contribution is 2.29. The van der Waals surface area contributed by atoms with Crippen LogP contribution in [-0.4, -0.2) is 65.1 Å². The molecule has 0 saturated carbocycles. The molecule has 0 bridgehead atoms. The number of ether oxygens (including phenoxy) is 1. The first kappa shape index (κ1) is 17.7. The van der Waals surface area contributed by atoms with Crippen LogP contribution in [0.25, 0.3) is 0 Å². The number of benzene rings is 1. The number of nitrogen functional groups attached to an aromatic ring is 1. The van der Waals surface area contributed by atoms with E-state index in [1.165, 1.54) is 0 Å². The van der Waals surface area contributed by atoms with E-state index in [0.29, 0.717) is 34.8 Å². The Kier molecular flexibility index (Phi) is 5.52. The number of halogens is 1. The van der Waals surface area contributed by atoms with Crippen molar-refractivity contribution in [3.05, 3.63) is 29.0 Å². The Morgan fingerprint density at radius 3 is 2.68 bits per heavy atom. The molecule has 1 aromatic carbocycles. The van der Waals surface area contributed by atoms with Gasteiger partial charge in [0.05, 0.1) is 19.3 Å². The maximum absolute atomic E-state index is 6.06. The number of anilines is 3. The lowest BCUT2D eigenvalue weighted by Crippen LogP contribution is -2.44. The summed E-state index contributed by atoms with van der Waals surface area (Å²) in [6.07, 6.45) is 0. The maximum Gasteiger partial charge on any atom is 0.232 e. The minimum absolute atomic E-state index is 0.183. The van der Waals surface area contributed by atoms with Gasteiger partial charge in [-0.1, -0.05) is 11.6 Å². The van der Waals surface area contributed by atoms with Crippen molar-refractivity contribution < 1.29 is 4.74 Å². The predicted octanol–water partition coefficient (Wildman–Crippen LogP) is 1.61. The van der Waals surface area contributed by atoms with Gasteiger partial charge in [0.1, 0.15) is 11.6 Å². The van der Waals surface area contributed by atoms with Gasteiger partial charge in [-0.3, -0.25) is 4.90 Å². The zero-order chi connectivity index (χ0) is 17.8. The van der Waals surface area contributed by atoms with Gasteiger partial charge >= 0.3 is 0 Å². The predicted molar refractivity (Wildman–Crippen MR) is 98.3 cm³/mol. The Bertz CT molecular complexity index is 734. The Labute approximate surface area is 152 Å². The fourth-order valence-corrected chi connectivity index (χ4v) is 2.84. The van der Waals surface area contributed by atoms with E-state index >= 15 is 0 Å². The van der Waals surface area contributed by atoms with Crippen molar-refractivity contribution >= 4 is 29.2 Å². The first-order valence-electron chi connectivity index (χ1n) is 8.05. The van der Waals surface area contributed by atoms with Crippen molar-refractivity contribution in [3.8, 4) is 5.75 Å². The van der Waals surface area contributed by atoms with Crippen molar-refractivity contribution in [3.63, 3.8) is 0 Å². The number of aromatic nitrogens is 3. The third-order valence-corrected chi connectivity index (χ3v) is 4.30. The van der Waals surface area contributed by atoms with Gasteiger partial charge in [-0.15, -0.1) is 0 Å². The molecule has 2 heterocycles. The van der Waals surface area contributed by atoms with Crippen molar-refractivity contribution in [1.29, 1.82) is 0 Å². The molecule has 1 saturated heterocycles. The van der Waals surface area contributed by atoms with Crippen LogP contribution >= 0.6 is 11.6 Å². The molecule has 0 spiro atoms. The standard InChI is InChI=1S/C16H22ClN7O/c1-23-5-7-24(8-6-23)10-14-20-15(18)22-16(21-14)19-12-9-11(17)3-4-13(12)25-2/h3-4,9H,5-8,10H2,1-2H3,(H3,18,19,20,21,22). The number of likely N-dealkylation sites (N-methyl/N-ethyl adjacent to an activating group) is 1. The lowest BCUT2D eigenvalue weighted by molar-refractivity contribution is 0.145. The van der Waals surface area contributed by atoms with E-state index in [1.807, 2.05) is 0 Å². The van der Waals surface area contributed by atoms with Crippen LogP contribution in [0.4, 0.5) is 17.6 Å². The molecule has 0 aliphatic carbocycles. The fourth-order valence-electron chi connectivity index (χ4n) is 2.67. The number of rotatable bonds is 5. The van der Waals surface area contributed by atoms with E-state index in [1.54, 1.807) is 25.3 Å². The zero-order valence-corrected chi connectivity index (χ0v) is 15.1. The fraction of sp³-hybridized carbons (Fsp3) is 0.438. The van der Waals surface area contributed by atoms with Crippen molar-refractivity contribution in [2.75, 3.05) is 51.4 Å². The van der Waals surface area contributed by atoms with Gasteiger partial charge in [0, 0.05) is 31.2 Å². The topological polar surface area (TPSA) is 92.4 Å². The third-order valence-electron chi connectivity index (χ3n) is 4.07. The minimum atomic E-state index is 0.183. The van der Waals surface area contributed by atoms with E-state index in [0.717, 1.165) is 26.2 Å². The highest BCUT2D eigenvalue weighted by molar-refractivity contribution is 6.30. The average molecular weight is 364 g/mol. The number of hydrogen-bond donors (Lipinski definition) is 2. The molecule has 0 amide bonds. The summed E-state index contributed by atoms with van der Waals surface area (Å²) >= 11 is 6.06. The maximum atomic E-state index is 6.06. The summed E-state index contributed by atoms with van der Waals surface area (Å²) in [6.45, 7) is 4.67. The van der Waals surface area contributed by atoms with Crippen molar-refractivity contribution in [2.45, 2.75) is 6.54 Å². The second-order valence-corrected chi connectivity index (χ2v) is 6.42. The second kappa shape index (κ2) is 7.81. The Hall–Kier alpha value is -2.16. The summed E-state index contributed by atoms with van der Waals surface area (Å²) in [4.78, 5) is 17.5. The molecule has 1 aliphatic rings. The average Bonchev–Trinajstić information content (AvgIpc) is 2.57. The van der Waals surface area contributed by atoms with Gasteiger partial charge in [-0.25, -0.2) is 0 Å². The summed E-state index contributed by atoms with van der Waals surface area (Å²) in [5, 5.41) is 3.70. The molecule has 2 aromatic rings. The van der Waals surface area contributed by atoms with Crippen LogP contribution in [0.1, 0.15) is 5.82 Å². The third kappa shape index (κ3) is 4.68. The minimum Gasteiger partial charge on any atom is -0.495 e. The molecule has 1 fully saturated rings. The van der Waals surface area contributed by atoms with Crippen LogP contribution < -0.4 is 15.8 Å². The number of piperazine rings is 1. The van der Waals surface area contributed by atoms with Gasteiger partial charge in [0.15, 0.2) is 0 Å². The van der Waals surface area contributed by atoms with E-state index < -0.39 is 0 Å². The van der Waals surface area contributed by atoms with Gasteiger partial charge in [-0.2, -0.15) is 15.0 Å². The van der Waals surface area contributed by atoms with Crippen LogP contribution in [0.3, 0.4) is 0 Å².